The minimum atomic E-state index is -2.63. The second-order valence-electron chi connectivity index (χ2n) is 8.40. The first-order chi connectivity index (χ1) is 14.3. The van der Waals surface area contributed by atoms with Crippen LogP contribution in [0.3, 0.4) is 0 Å². The van der Waals surface area contributed by atoms with Gasteiger partial charge in [-0.25, -0.2) is 0 Å². The van der Waals surface area contributed by atoms with Gasteiger partial charge in [0.1, 0.15) is 0 Å². The first kappa shape index (κ1) is 20.8. The monoisotopic (exact) mass is 404 g/mol. The number of hydrogen-bond donors (Lipinski definition) is 4. The van der Waals surface area contributed by atoms with Crippen LogP contribution in [0.1, 0.15) is 25.7 Å². The molecule has 4 N–H and O–H groups in total. The zero-order valence-electron chi connectivity index (χ0n) is 16.9. The van der Waals surface area contributed by atoms with Crippen LogP contribution in [0, 0.1) is 11.8 Å². The highest BCUT2D eigenvalue weighted by atomic mass is 16.7. The third-order valence-corrected chi connectivity index (χ3v) is 6.00. The van der Waals surface area contributed by atoms with Crippen molar-refractivity contribution in [2.45, 2.75) is 37.8 Å². The minimum Gasteiger partial charge on any atom is -0.388 e. The van der Waals surface area contributed by atoms with E-state index in [-0.39, 0.29) is 18.3 Å². The SMILES string of the molecule is C=C1C=C(C(O)CCC2=CC3C=C(CCC(O)(O)O)C=CC3=C2)C=C2C=CC=CC12. The van der Waals surface area contributed by atoms with Crippen LogP contribution in [-0.4, -0.2) is 32.5 Å². The largest absolute Gasteiger partial charge is 0.388 e. The van der Waals surface area contributed by atoms with Crippen LogP contribution >= 0.6 is 0 Å². The maximum atomic E-state index is 10.7. The summed E-state index contributed by atoms with van der Waals surface area (Å²) in [4.78, 5) is 0. The molecular weight excluding hydrogens is 376 g/mol. The van der Waals surface area contributed by atoms with Crippen molar-refractivity contribution < 1.29 is 20.4 Å². The average Bonchev–Trinajstić information content (AvgIpc) is 3.12. The lowest BCUT2D eigenvalue weighted by atomic mass is 9.81. The average molecular weight is 405 g/mol. The van der Waals surface area contributed by atoms with E-state index < -0.39 is 12.1 Å². The Morgan fingerprint density at radius 3 is 2.50 bits per heavy atom. The molecule has 4 rings (SSSR count). The number of hydrogen-bond acceptors (Lipinski definition) is 4. The highest BCUT2D eigenvalue weighted by Crippen LogP contribution is 2.36. The summed E-state index contributed by atoms with van der Waals surface area (Å²) >= 11 is 0. The van der Waals surface area contributed by atoms with E-state index in [1.54, 1.807) is 0 Å². The maximum Gasteiger partial charge on any atom is 0.275 e. The molecule has 4 aliphatic rings. The van der Waals surface area contributed by atoms with Crippen molar-refractivity contribution in [2.75, 3.05) is 0 Å². The summed E-state index contributed by atoms with van der Waals surface area (Å²) in [6, 6.07) is 0. The van der Waals surface area contributed by atoms with Crippen LogP contribution in [-0.2, 0) is 0 Å². The number of aliphatic hydroxyl groups is 4. The molecule has 156 valence electrons. The minimum absolute atomic E-state index is 0.126. The lowest BCUT2D eigenvalue weighted by molar-refractivity contribution is -0.314. The molecule has 0 aromatic rings. The van der Waals surface area contributed by atoms with Gasteiger partial charge in [0.25, 0.3) is 5.97 Å². The second kappa shape index (κ2) is 8.32. The Bertz CT molecular complexity index is 973. The fourth-order valence-corrected chi connectivity index (χ4v) is 4.35. The molecule has 30 heavy (non-hydrogen) atoms. The summed E-state index contributed by atoms with van der Waals surface area (Å²) in [6.45, 7) is 4.16. The number of aliphatic hydroxyl groups excluding tert-OH is 1. The van der Waals surface area contributed by atoms with Crippen LogP contribution in [0.15, 0.2) is 107 Å². The Morgan fingerprint density at radius 2 is 1.70 bits per heavy atom. The van der Waals surface area contributed by atoms with E-state index in [1.807, 2.05) is 30.4 Å². The van der Waals surface area contributed by atoms with Crippen LogP contribution in [0.4, 0.5) is 0 Å². The van der Waals surface area contributed by atoms with E-state index in [2.05, 4.69) is 43.0 Å². The van der Waals surface area contributed by atoms with E-state index in [0.29, 0.717) is 12.8 Å². The third-order valence-electron chi connectivity index (χ3n) is 6.00. The molecular formula is C26H28O4. The summed E-state index contributed by atoms with van der Waals surface area (Å²) in [6.07, 6.45) is 23.9. The van der Waals surface area contributed by atoms with Crippen molar-refractivity contribution in [3.05, 3.63) is 107 Å². The number of allylic oxidation sites excluding steroid dienone is 15. The van der Waals surface area contributed by atoms with Gasteiger partial charge in [0, 0.05) is 18.3 Å². The molecule has 4 aliphatic carbocycles. The summed E-state index contributed by atoms with van der Waals surface area (Å²) in [7, 11) is 0. The molecule has 0 fully saturated rings. The van der Waals surface area contributed by atoms with Gasteiger partial charge in [-0.05, 0) is 41.6 Å². The highest BCUT2D eigenvalue weighted by Gasteiger charge is 2.24. The predicted octanol–water partition coefficient (Wildman–Crippen LogP) is 3.68. The molecule has 0 saturated carbocycles. The van der Waals surface area contributed by atoms with Gasteiger partial charge in [-0.15, -0.1) is 0 Å². The third kappa shape index (κ3) is 4.79. The first-order valence-electron chi connectivity index (χ1n) is 10.4. The molecule has 0 heterocycles. The van der Waals surface area contributed by atoms with Crippen molar-refractivity contribution >= 4 is 0 Å². The van der Waals surface area contributed by atoms with Gasteiger partial charge in [0.05, 0.1) is 6.10 Å². The van der Waals surface area contributed by atoms with Gasteiger partial charge in [-0.3, -0.25) is 0 Å². The summed E-state index contributed by atoms with van der Waals surface area (Å²) in [5.41, 5.74) is 6.46. The lowest BCUT2D eigenvalue weighted by Gasteiger charge is -2.25. The zero-order chi connectivity index (χ0) is 21.3. The van der Waals surface area contributed by atoms with Gasteiger partial charge >= 0.3 is 0 Å². The highest BCUT2D eigenvalue weighted by molar-refractivity contribution is 5.53. The van der Waals surface area contributed by atoms with E-state index in [0.717, 1.165) is 23.1 Å². The Hall–Kier alpha value is -2.50. The molecule has 0 bridgehead atoms. The molecule has 0 spiro atoms. The van der Waals surface area contributed by atoms with E-state index >= 15 is 0 Å². The Balaban J connectivity index is 1.36. The number of rotatable bonds is 7. The smallest absolute Gasteiger partial charge is 0.275 e. The molecule has 4 nitrogen and oxygen atoms in total. The Labute approximate surface area is 177 Å². The molecule has 0 saturated heterocycles. The van der Waals surface area contributed by atoms with E-state index in [9.17, 15) is 5.11 Å². The van der Waals surface area contributed by atoms with Crippen LogP contribution in [0.2, 0.25) is 0 Å². The Kier molecular flexibility index (Phi) is 5.76. The van der Waals surface area contributed by atoms with Crippen molar-refractivity contribution in [2.24, 2.45) is 11.8 Å². The molecule has 0 radical (unpaired) electrons. The van der Waals surface area contributed by atoms with Crippen molar-refractivity contribution in [1.29, 1.82) is 0 Å². The molecule has 0 amide bonds. The molecule has 3 unspecified atom stereocenters. The standard InChI is InChI=1S/C26H28O4/c1-17-12-23(16-21-4-2-3-5-24(17)21)25(27)9-7-19-14-20-8-6-18(13-22(20)15-19)10-11-26(28,29)30/h2-6,8,12-16,22,24-25,27-30H,1,7,9-11H2. The van der Waals surface area contributed by atoms with Gasteiger partial charge in [0.15, 0.2) is 0 Å². The van der Waals surface area contributed by atoms with Gasteiger partial charge in [-0.2, -0.15) is 0 Å². The molecule has 0 aromatic heterocycles. The number of fused-ring (bicyclic) bond motifs is 2. The van der Waals surface area contributed by atoms with Crippen molar-refractivity contribution in [1.82, 2.24) is 0 Å². The van der Waals surface area contributed by atoms with Gasteiger partial charge < -0.3 is 20.4 Å². The van der Waals surface area contributed by atoms with Crippen LogP contribution in [0.5, 0.6) is 0 Å². The second-order valence-corrected chi connectivity index (χ2v) is 8.40. The topological polar surface area (TPSA) is 80.9 Å². The summed E-state index contributed by atoms with van der Waals surface area (Å²) < 4.78 is 0. The fourth-order valence-electron chi connectivity index (χ4n) is 4.35. The van der Waals surface area contributed by atoms with Crippen molar-refractivity contribution in [3.63, 3.8) is 0 Å². The zero-order valence-corrected chi connectivity index (χ0v) is 16.9. The molecule has 0 aliphatic heterocycles. The van der Waals surface area contributed by atoms with Crippen molar-refractivity contribution in [3.8, 4) is 0 Å². The van der Waals surface area contributed by atoms with Crippen LogP contribution in [0.25, 0.3) is 0 Å². The molecule has 3 atom stereocenters. The normalized spacial score (nSPS) is 25.7. The lowest BCUT2D eigenvalue weighted by Crippen LogP contribution is -2.26. The molecule has 4 heteroatoms. The quantitative estimate of drug-likeness (QED) is 0.488. The summed E-state index contributed by atoms with van der Waals surface area (Å²) in [5, 5.41) is 38.0. The van der Waals surface area contributed by atoms with E-state index in [4.69, 9.17) is 15.3 Å². The molecule has 0 aromatic carbocycles. The maximum absolute atomic E-state index is 10.7. The van der Waals surface area contributed by atoms with Gasteiger partial charge in [0.2, 0.25) is 0 Å². The van der Waals surface area contributed by atoms with Crippen LogP contribution < -0.4 is 0 Å². The first-order valence-corrected chi connectivity index (χ1v) is 10.4. The van der Waals surface area contributed by atoms with Gasteiger partial charge in [-0.1, -0.05) is 84.6 Å². The predicted molar refractivity (Wildman–Crippen MR) is 118 cm³/mol. The fraction of sp³-hybridized carbons (Fsp3) is 0.308. The van der Waals surface area contributed by atoms with E-state index in [1.165, 1.54) is 16.7 Å². The summed E-state index contributed by atoms with van der Waals surface area (Å²) in [5.74, 6) is -2.24. The Morgan fingerprint density at radius 1 is 0.900 bits per heavy atom.